The van der Waals surface area contributed by atoms with Gasteiger partial charge < -0.3 is 10.0 Å². The van der Waals surface area contributed by atoms with Crippen molar-refractivity contribution in [2.45, 2.75) is 19.3 Å². The minimum Gasteiger partial charge on any atom is -0.396 e. The van der Waals surface area contributed by atoms with E-state index < -0.39 is 0 Å². The second-order valence-corrected chi connectivity index (χ2v) is 4.27. The zero-order valence-electron chi connectivity index (χ0n) is 7.21. The van der Waals surface area contributed by atoms with Crippen molar-refractivity contribution in [1.82, 2.24) is 4.90 Å². The van der Waals surface area contributed by atoms with Gasteiger partial charge >= 0.3 is 0 Å². The Morgan fingerprint density at radius 1 is 1.55 bits per heavy atom. The molecule has 1 saturated heterocycles. The van der Waals surface area contributed by atoms with Gasteiger partial charge in [0.1, 0.15) is 0 Å². The molecule has 1 saturated carbocycles. The first kappa shape index (κ1) is 7.56. The summed E-state index contributed by atoms with van der Waals surface area (Å²) >= 11 is 0. The Bertz CT molecular complexity index is 154. The van der Waals surface area contributed by atoms with E-state index >= 15 is 0 Å². The highest BCUT2D eigenvalue weighted by molar-refractivity contribution is 5.00. The number of nitrogens with zero attached hydrogens (tertiary/aromatic N) is 1. The standard InChI is InChI=1S/C9H17NO/c1-10-5-2-8(6-10)9(7-11)3-4-9/h8,11H,2-7H2,1H3. The lowest BCUT2D eigenvalue weighted by atomic mass is 9.89. The van der Waals surface area contributed by atoms with Crippen molar-refractivity contribution in [2.75, 3.05) is 26.7 Å². The van der Waals surface area contributed by atoms with Gasteiger partial charge in [-0.3, -0.25) is 0 Å². The fraction of sp³-hybridized carbons (Fsp3) is 1.00. The molecular weight excluding hydrogens is 138 g/mol. The Labute approximate surface area is 68.2 Å². The topological polar surface area (TPSA) is 23.5 Å². The molecule has 0 radical (unpaired) electrons. The minimum atomic E-state index is 0.366. The van der Waals surface area contributed by atoms with Gasteiger partial charge in [-0.25, -0.2) is 0 Å². The van der Waals surface area contributed by atoms with Crippen LogP contribution >= 0.6 is 0 Å². The summed E-state index contributed by atoms with van der Waals surface area (Å²) in [6, 6.07) is 0. The summed E-state index contributed by atoms with van der Waals surface area (Å²) in [6.45, 7) is 2.86. The second-order valence-electron chi connectivity index (χ2n) is 4.27. The molecule has 1 N–H and O–H groups in total. The normalized spacial score (nSPS) is 36.0. The van der Waals surface area contributed by atoms with Gasteiger partial charge in [-0.05, 0) is 44.2 Å². The summed E-state index contributed by atoms with van der Waals surface area (Å²) < 4.78 is 0. The third-order valence-electron chi connectivity index (χ3n) is 3.46. The Balaban J connectivity index is 1.95. The molecule has 1 unspecified atom stereocenters. The van der Waals surface area contributed by atoms with Gasteiger partial charge in [-0.2, -0.15) is 0 Å². The first-order valence-electron chi connectivity index (χ1n) is 4.56. The van der Waals surface area contributed by atoms with Gasteiger partial charge in [0.25, 0.3) is 0 Å². The van der Waals surface area contributed by atoms with Crippen LogP contribution in [0.15, 0.2) is 0 Å². The van der Waals surface area contributed by atoms with Crippen LogP contribution in [0.3, 0.4) is 0 Å². The van der Waals surface area contributed by atoms with E-state index in [0.717, 1.165) is 5.92 Å². The van der Waals surface area contributed by atoms with Gasteiger partial charge in [0.2, 0.25) is 0 Å². The maximum atomic E-state index is 9.18. The average molecular weight is 155 g/mol. The summed E-state index contributed by atoms with van der Waals surface area (Å²) in [5.74, 6) is 0.789. The zero-order valence-corrected chi connectivity index (χ0v) is 7.21. The summed E-state index contributed by atoms with van der Waals surface area (Å²) in [6.07, 6.45) is 3.83. The van der Waals surface area contributed by atoms with Crippen molar-refractivity contribution in [3.63, 3.8) is 0 Å². The molecule has 2 heteroatoms. The van der Waals surface area contributed by atoms with Crippen LogP contribution in [0.1, 0.15) is 19.3 Å². The first-order valence-corrected chi connectivity index (χ1v) is 4.56. The SMILES string of the molecule is CN1CCC(C2(CO)CC2)C1. The van der Waals surface area contributed by atoms with Crippen LogP contribution in [0.2, 0.25) is 0 Å². The molecule has 0 spiro atoms. The third kappa shape index (κ3) is 1.18. The highest BCUT2D eigenvalue weighted by Crippen LogP contribution is 2.54. The van der Waals surface area contributed by atoms with Crippen molar-refractivity contribution < 1.29 is 5.11 Å². The van der Waals surface area contributed by atoms with Gasteiger partial charge in [0.15, 0.2) is 0 Å². The third-order valence-corrected chi connectivity index (χ3v) is 3.46. The minimum absolute atomic E-state index is 0.366. The molecule has 0 amide bonds. The molecule has 2 fully saturated rings. The molecule has 64 valence electrons. The van der Waals surface area contributed by atoms with Gasteiger partial charge in [0.05, 0.1) is 0 Å². The fourth-order valence-electron chi connectivity index (χ4n) is 2.29. The molecule has 11 heavy (non-hydrogen) atoms. The highest BCUT2D eigenvalue weighted by Gasteiger charge is 2.49. The Morgan fingerprint density at radius 3 is 2.64 bits per heavy atom. The molecule has 0 aromatic heterocycles. The van der Waals surface area contributed by atoms with Gasteiger partial charge in [-0.15, -0.1) is 0 Å². The molecule has 2 aliphatic rings. The van der Waals surface area contributed by atoms with Crippen LogP contribution in [0.4, 0.5) is 0 Å². The molecule has 0 aromatic rings. The lowest BCUT2D eigenvalue weighted by Gasteiger charge is -2.19. The number of hydrogen-bond acceptors (Lipinski definition) is 2. The Morgan fingerprint density at radius 2 is 2.27 bits per heavy atom. The van der Waals surface area contributed by atoms with Crippen LogP contribution in [-0.2, 0) is 0 Å². The van der Waals surface area contributed by atoms with Gasteiger partial charge in [-0.1, -0.05) is 0 Å². The maximum Gasteiger partial charge on any atom is 0.0490 e. The lowest BCUT2D eigenvalue weighted by Crippen LogP contribution is -2.23. The van der Waals surface area contributed by atoms with Crippen molar-refractivity contribution in [3.8, 4) is 0 Å². The monoisotopic (exact) mass is 155 g/mol. The molecule has 1 aliphatic carbocycles. The Hall–Kier alpha value is -0.0800. The smallest absolute Gasteiger partial charge is 0.0490 e. The second kappa shape index (κ2) is 2.46. The molecular formula is C9H17NO. The van der Waals surface area contributed by atoms with E-state index in [4.69, 9.17) is 0 Å². The Kier molecular flexibility index (Phi) is 1.69. The van der Waals surface area contributed by atoms with Crippen LogP contribution in [0.25, 0.3) is 0 Å². The average Bonchev–Trinajstić information content (AvgIpc) is 2.70. The molecule has 1 aliphatic heterocycles. The van der Waals surface area contributed by atoms with Crippen molar-refractivity contribution in [2.24, 2.45) is 11.3 Å². The summed E-state index contributed by atoms with van der Waals surface area (Å²) in [4.78, 5) is 2.38. The molecule has 1 atom stereocenters. The zero-order chi connectivity index (χ0) is 7.90. The van der Waals surface area contributed by atoms with Crippen LogP contribution in [0.5, 0.6) is 0 Å². The van der Waals surface area contributed by atoms with Crippen LogP contribution in [-0.4, -0.2) is 36.8 Å². The number of rotatable bonds is 2. The number of aliphatic hydroxyl groups excluding tert-OH is 1. The van der Waals surface area contributed by atoms with Gasteiger partial charge in [0, 0.05) is 13.2 Å². The fourth-order valence-corrected chi connectivity index (χ4v) is 2.29. The molecule has 0 bridgehead atoms. The van der Waals surface area contributed by atoms with E-state index in [1.807, 2.05) is 0 Å². The quantitative estimate of drug-likeness (QED) is 0.635. The van der Waals surface area contributed by atoms with E-state index in [1.165, 1.54) is 32.4 Å². The van der Waals surface area contributed by atoms with E-state index in [9.17, 15) is 5.11 Å². The van der Waals surface area contributed by atoms with E-state index in [2.05, 4.69) is 11.9 Å². The summed E-state index contributed by atoms with van der Waals surface area (Å²) in [7, 11) is 2.17. The number of hydrogen-bond donors (Lipinski definition) is 1. The largest absolute Gasteiger partial charge is 0.396 e. The molecule has 1 heterocycles. The van der Waals surface area contributed by atoms with E-state index in [-0.39, 0.29) is 0 Å². The van der Waals surface area contributed by atoms with E-state index in [0.29, 0.717) is 12.0 Å². The predicted octanol–water partition coefficient (Wildman–Crippen LogP) is 0.711. The summed E-state index contributed by atoms with van der Waals surface area (Å²) in [5.41, 5.74) is 0.366. The van der Waals surface area contributed by atoms with E-state index in [1.54, 1.807) is 0 Å². The highest BCUT2D eigenvalue weighted by atomic mass is 16.3. The lowest BCUT2D eigenvalue weighted by molar-refractivity contribution is 0.157. The van der Waals surface area contributed by atoms with Crippen LogP contribution < -0.4 is 0 Å². The maximum absolute atomic E-state index is 9.18. The number of likely N-dealkylation sites (tertiary alicyclic amines) is 1. The number of aliphatic hydroxyl groups is 1. The van der Waals surface area contributed by atoms with Crippen molar-refractivity contribution >= 4 is 0 Å². The predicted molar refractivity (Wildman–Crippen MR) is 44.4 cm³/mol. The molecule has 2 rings (SSSR count). The molecule has 0 aromatic carbocycles. The first-order chi connectivity index (χ1) is 5.27. The molecule has 2 nitrogen and oxygen atoms in total. The van der Waals surface area contributed by atoms with Crippen molar-refractivity contribution in [1.29, 1.82) is 0 Å². The summed E-state index contributed by atoms with van der Waals surface area (Å²) in [5, 5.41) is 9.18. The van der Waals surface area contributed by atoms with Crippen molar-refractivity contribution in [3.05, 3.63) is 0 Å². The van der Waals surface area contributed by atoms with Crippen LogP contribution in [0, 0.1) is 11.3 Å².